The standard InChI is InChI=1S/C6H7F2N3O/c7-4(8)5-10-11-6(12-5)9-3-1-2-3/h3-4H,1-2H2,(H,9,11). The summed E-state index contributed by atoms with van der Waals surface area (Å²) in [6, 6.07) is 0.420. The third-order valence-electron chi connectivity index (χ3n) is 1.53. The maximum absolute atomic E-state index is 11.9. The quantitative estimate of drug-likeness (QED) is 0.757. The zero-order chi connectivity index (χ0) is 8.55. The van der Waals surface area contributed by atoms with Gasteiger partial charge >= 0.3 is 12.4 Å². The van der Waals surface area contributed by atoms with Gasteiger partial charge < -0.3 is 9.73 Å². The van der Waals surface area contributed by atoms with Crippen molar-refractivity contribution in [2.75, 3.05) is 5.32 Å². The molecule has 2 rings (SSSR count). The van der Waals surface area contributed by atoms with Gasteiger partial charge in [0.05, 0.1) is 0 Å². The van der Waals surface area contributed by atoms with Crippen LogP contribution in [-0.4, -0.2) is 16.2 Å². The molecule has 0 spiro atoms. The molecule has 0 atom stereocenters. The Labute approximate surface area is 67.0 Å². The van der Waals surface area contributed by atoms with Crippen molar-refractivity contribution >= 4 is 6.01 Å². The lowest BCUT2D eigenvalue weighted by molar-refractivity contribution is 0.116. The second-order valence-electron chi connectivity index (χ2n) is 2.66. The van der Waals surface area contributed by atoms with E-state index in [1.54, 1.807) is 0 Å². The molecule has 0 aromatic carbocycles. The molecule has 0 bridgehead atoms. The molecule has 1 aliphatic carbocycles. The molecule has 1 aromatic rings. The van der Waals surface area contributed by atoms with E-state index in [0.717, 1.165) is 12.8 Å². The summed E-state index contributed by atoms with van der Waals surface area (Å²) >= 11 is 0. The minimum Gasteiger partial charge on any atom is -0.402 e. The molecular weight excluding hydrogens is 168 g/mol. The Kier molecular flexibility index (Phi) is 1.67. The zero-order valence-corrected chi connectivity index (χ0v) is 6.13. The highest BCUT2D eigenvalue weighted by molar-refractivity contribution is 5.22. The fourth-order valence-electron chi connectivity index (χ4n) is 0.783. The van der Waals surface area contributed by atoms with E-state index in [1.165, 1.54) is 0 Å². The molecule has 12 heavy (non-hydrogen) atoms. The van der Waals surface area contributed by atoms with Gasteiger partial charge in [0, 0.05) is 6.04 Å². The molecule has 1 heterocycles. The predicted octanol–water partition coefficient (Wildman–Crippen LogP) is 1.58. The lowest BCUT2D eigenvalue weighted by atomic mass is 10.7. The summed E-state index contributed by atoms with van der Waals surface area (Å²) in [6.45, 7) is 0. The second kappa shape index (κ2) is 2.69. The van der Waals surface area contributed by atoms with Crippen molar-refractivity contribution in [1.82, 2.24) is 10.2 Å². The topological polar surface area (TPSA) is 51.0 Å². The maximum atomic E-state index is 11.9. The molecule has 0 aliphatic heterocycles. The highest BCUT2D eigenvalue weighted by Gasteiger charge is 2.24. The lowest BCUT2D eigenvalue weighted by Gasteiger charge is -1.93. The van der Waals surface area contributed by atoms with Gasteiger partial charge in [0.2, 0.25) is 0 Å². The highest BCUT2D eigenvalue weighted by Crippen LogP contribution is 2.25. The van der Waals surface area contributed by atoms with Crippen molar-refractivity contribution < 1.29 is 13.2 Å². The lowest BCUT2D eigenvalue weighted by Crippen LogP contribution is -2.00. The largest absolute Gasteiger partial charge is 0.402 e. The zero-order valence-electron chi connectivity index (χ0n) is 6.13. The van der Waals surface area contributed by atoms with Gasteiger partial charge in [0.1, 0.15) is 0 Å². The summed E-state index contributed by atoms with van der Waals surface area (Å²) in [5, 5.41) is 9.39. The molecule has 1 aromatic heterocycles. The van der Waals surface area contributed by atoms with Crippen LogP contribution in [-0.2, 0) is 0 Å². The third-order valence-corrected chi connectivity index (χ3v) is 1.53. The molecule has 6 heteroatoms. The van der Waals surface area contributed by atoms with E-state index in [2.05, 4.69) is 19.9 Å². The first-order valence-corrected chi connectivity index (χ1v) is 3.64. The van der Waals surface area contributed by atoms with E-state index in [9.17, 15) is 8.78 Å². The van der Waals surface area contributed by atoms with Gasteiger partial charge in [0.15, 0.2) is 0 Å². The number of halogens is 2. The van der Waals surface area contributed by atoms with Crippen molar-refractivity contribution in [2.24, 2.45) is 0 Å². The van der Waals surface area contributed by atoms with Crippen LogP contribution in [0.1, 0.15) is 25.2 Å². The van der Waals surface area contributed by atoms with Crippen LogP contribution in [0.5, 0.6) is 0 Å². The second-order valence-corrected chi connectivity index (χ2v) is 2.66. The van der Waals surface area contributed by atoms with Crippen LogP contribution >= 0.6 is 0 Å². The Morgan fingerprint density at radius 3 is 2.67 bits per heavy atom. The molecule has 0 saturated heterocycles. The average molecular weight is 175 g/mol. The van der Waals surface area contributed by atoms with Crippen molar-refractivity contribution in [1.29, 1.82) is 0 Å². The molecule has 66 valence electrons. The van der Waals surface area contributed by atoms with Crippen LogP contribution in [0.3, 0.4) is 0 Å². The van der Waals surface area contributed by atoms with Gasteiger partial charge in [-0.05, 0) is 12.8 Å². The number of aromatic nitrogens is 2. The monoisotopic (exact) mass is 175 g/mol. The first-order chi connectivity index (χ1) is 5.75. The van der Waals surface area contributed by atoms with Gasteiger partial charge in [-0.15, -0.1) is 5.10 Å². The predicted molar refractivity (Wildman–Crippen MR) is 35.9 cm³/mol. The van der Waals surface area contributed by atoms with Crippen LogP contribution in [0, 0.1) is 0 Å². The first-order valence-electron chi connectivity index (χ1n) is 3.64. The summed E-state index contributed by atoms with van der Waals surface area (Å²) in [4.78, 5) is 0. The Morgan fingerprint density at radius 1 is 1.42 bits per heavy atom. The molecular formula is C6H7F2N3O. The Balaban J connectivity index is 2.02. The van der Waals surface area contributed by atoms with Crippen LogP contribution in [0.25, 0.3) is 0 Å². The van der Waals surface area contributed by atoms with Crippen molar-refractivity contribution in [3.05, 3.63) is 5.89 Å². The van der Waals surface area contributed by atoms with Crippen LogP contribution in [0.15, 0.2) is 4.42 Å². The molecule has 0 amide bonds. The number of hydrogen-bond acceptors (Lipinski definition) is 4. The van der Waals surface area contributed by atoms with Gasteiger partial charge in [-0.1, -0.05) is 5.10 Å². The fourth-order valence-corrected chi connectivity index (χ4v) is 0.783. The molecule has 1 aliphatic rings. The summed E-state index contributed by atoms with van der Waals surface area (Å²) in [5.74, 6) is -0.627. The van der Waals surface area contributed by atoms with Crippen molar-refractivity contribution in [3.63, 3.8) is 0 Å². The van der Waals surface area contributed by atoms with Gasteiger partial charge in [-0.2, -0.15) is 8.78 Å². The smallest absolute Gasteiger partial charge is 0.315 e. The van der Waals surface area contributed by atoms with Crippen LogP contribution in [0.4, 0.5) is 14.8 Å². The molecule has 0 unspecified atom stereocenters. The van der Waals surface area contributed by atoms with Crippen LogP contribution < -0.4 is 5.32 Å². The van der Waals surface area contributed by atoms with E-state index in [0.29, 0.717) is 6.04 Å². The Morgan fingerprint density at radius 2 is 2.17 bits per heavy atom. The highest BCUT2D eigenvalue weighted by atomic mass is 19.3. The number of alkyl halides is 2. The molecule has 0 radical (unpaired) electrons. The Hall–Kier alpha value is -1.20. The average Bonchev–Trinajstić information content (AvgIpc) is 2.66. The Bertz CT molecular complexity index is 272. The van der Waals surface area contributed by atoms with Crippen LogP contribution in [0.2, 0.25) is 0 Å². The van der Waals surface area contributed by atoms with E-state index in [-0.39, 0.29) is 6.01 Å². The summed E-state index contributed by atoms with van der Waals surface area (Å²) in [7, 11) is 0. The molecule has 1 N–H and O–H groups in total. The SMILES string of the molecule is FC(F)c1nnc(NC2CC2)o1. The third kappa shape index (κ3) is 1.51. The number of hydrogen-bond donors (Lipinski definition) is 1. The number of nitrogens with one attached hydrogen (secondary N) is 1. The number of anilines is 1. The molecule has 4 nitrogen and oxygen atoms in total. The first kappa shape index (κ1) is 7.45. The van der Waals surface area contributed by atoms with Gasteiger partial charge in [0.25, 0.3) is 5.89 Å². The van der Waals surface area contributed by atoms with Crippen molar-refractivity contribution in [2.45, 2.75) is 25.3 Å². The number of rotatable bonds is 3. The minimum atomic E-state index is -2.69. The van der Waals surface area contributed by atoms with E-state index in [1.807, 2.05) is 0 Å². The minimum absolute atomic E-state index is 0.0906. The van der Waals surface area contributed by atoms with E-state index in [4.69, 9.17) is 0 Å². The summed E-state index contributed by atoms with van der Waals surface area (Å²) in [5.41, 5.74) is 0. The van der Waals surface area contributed by atoms with E-state index < -0.39 is 12.3 Å². The normalized spacial score (nSPS) is 16.9. The number of nitrogens with zero attached hydrogens (tertiary/aromatic N) is 2. The van der Waals surface area contributed by atoms with Gasteiger partial charge in [-0.25, -0.2) is 0 Å². The summed E-state index contributed by atoms with van der Waals surface area (Å²) in [6.07, 6.45) is -0.619. The van der Waals surface area contributed by atoms with E-state index >= 15 is 0 Å². The molecule has 1 fully saturated rings. The maximum Gasteiger partial charge on any atom is 0.315 e. The van der Waals surface area contributed by atoms with Crippen molar-refractivity contribution in [3.8, 4) is 0 Å². The fraction of sp³-hybridized carbons (Fsp3) is 0.667. The summed E-state index contributed by atoms with van der Waals surface area (Å²) < 4.78 is 28.4. The van der Waals surface area contributed by atoms with Gasteiger partial charge in [-0.3, -0.25) is 0 Å². The molecule has 1 saturated carbocycles.